The van der Waals surface area contributed by atoms with Crippen LogP contribution in [-0.4, -0.2) is 15.8 Å². The molecular weight excluding hydrogens is 280 g/mol. The van der Waals surface area contributed by atoms with Crippen LogP contribution in [-0.2, 0) is 19.9 Å². The lowest BCUT2D eigenvalue weighted by atomic mass is 9.95. The van der Waals surface area contributed by atoms with E-state index >= 15 is 0 Å². The fourth-order valence-electron chi connectivity index (χ4n) is 1.96. The Morgan fingerprint density at radius 1 is 1.47 bits per heavy atom. The van der Waals surface area contributed by atoms with Gasteiger partial charge in [0.15, 0.2) is 0 Å². The Labute approximate surface area is 112 Å². The van der Waals surface area contributed by atoms with E-state index in [2.05, 4.69) is 47.2 Å². The van der Waals surface area contributed by atoms with Gasteiger partial charge in [-0.3, -0.25) is 16.0 Å². The molecule has 1 rings (SSSR count). The standard InChI is InChI=1S/C12H23BrN4/c1-5-8(3)10(15-14)7-11-12(13)9(6-2)16-17(11)4/h8,10,15H,5-7,14H2,1-4H3. The summed E-state index contributed by atoms with van der Waals surface area (Å²) < 4.78 is 3.08. The maximum absolute atomic E-state index is 5.64. The minimum Gasteiger partial charge on any atom is -0.271 e. The van der Waals surface area contributed by atoms with Gasteiger partial charge in [-0.15, -0.1) is 0 Å². The summed E-state index contributed by atoms with van der Waals surface area (Å²) in [6.45, 7) is 6.52. The van der Waals surface area contributed by atoms with E-state index in [-0.39, 0.29) is 6.04 Å². The third-order valence-electron chi connectivity index (χ3n) is 3.46. The quantitative estimate of drug-likeness (QED) is 0.625. The molecule has 1 aromatic rings. The zero-order valence-corrected chi connectivity index (χ0v) is 12.7. The first kappa shape index (κ1) is 14.7. The predicted molar refractivity (Wildman–Crippen MR) is 74.6 cm³/mol. The normalized spacial score (nSPS) is 14.9. The van der Waals surface area contributed by atoms with Crippen molar-refractivity contribution in [2.24, 2.45) is 18.8 Å². The van der Waals surface area contributed by atoms with E-state index < -0.39 is 0 Å². The van der Waals surface area contributed by atoms with Crippen LogP contribution >= 0.6 is 15.9 Å². The molecule has 98 valence electrons. The van der Waals surface area contributed by atoms with E-state index in [9.17, 15) is 0 Å². The van der Waals surface area contributed by atoms with E-state index in [1.807, 2.05) is 11.7 Å². The molecule has 3 N–H and O–H groups in total. The molecule has 5 heteroatoms. The number of aryl methyl sites for hydroxylation is 2. The average molecular weight is 303 g/mol. The molecule has 0 radical (unpaired) electrons. The third kappa shape index (κ3) is 3.30. The van der Waals surface area contributed by atoms with Crippen molar-refractivity contribution in [3.63, 3.8) is 0 Å². The van der Waals surface area contributed by atoms with Crippen LogP contribution in [0.3, 0.4) is 0 Å². The van der Waals surface area contributed by atoms with Crippen LogP contribution in [0.15, 0.2) is 4.47 Å². The van der Waals surface area contributed by atoms with Crippen LogP contribution in [0.2, 0.25) is 0 Å². The zero-order chi connectivity index (χ0) is 13.0. The van der Waals surface area contributed by atoms with Gasteiger partial charge in [0.25, 0.3) is 0 Å². The molecule has 0 saturated heterocycles. The predicted octanol–water partition coefficient (Wildman–Crippen LogP) is 2.17. The summed E-state index contributed by atoms with van der Waals surface area (Å²) in [6, 6.07) is 0.288. The monoisotopic (exact) mass is 302 g/mol. The minimum atomic E-state index is 0.288. The first-order chi connectivity index (χ1) is 8.04. The van der Waals surface area contributed by atoms with Crippen LogP contribution < -0.4 is 11.3 Å². The van der Waals surface area contributed by atoms with Crippen molar-refractivity contribution in [1.29, 1.82) is 0 Å². The SMILES string of the molecule is CCc1nn(C)c(CC(NN)C(C)CC)c1Br. The Bertz CT molecular complexity index is 362. The van der Waals surface area contributed by atoms with E-state index in [0.717, 1.165) is 29.4 Å². The number of hydrazine groups is 1. The molecular formula is C12H23BrN4. The lowest BCUT2D eigenvalue weighted by Crippen LogP contribution is -2.41. The maximum Gasteiger partial charge on any atom is 0.0766 e. The van der Waals surface area contributed by atoms with Crippen molar-refractivity contribution in [2.75, 3.05) is 0 Å². The number of hydrogen-bond acceptors (Lipinski definition) is 3. The molecule has 0 aliphatic heterocycles. The van der Waals surface area contributed by atoms with Crippen molar-refractivity contribution < 1.29 is 0 Å². The topological polar surface area (TPSA) is 55.9 Å². The van der Waals surface area contributed by atoms with Crippen molar-refractivity contribution in [1.82, 2.24) is 15.2 Å². The van der Waals surface area contributed by atoms with E-state index in [1.54, 1.807) is 0 Å². The Morgan fingerprint density at radius 3 is 2.53 bits per heavy atom. The fourth-order valence-corrected chi connectivity index (χ4v) is 2.74. The smallest absolute Gasteiger partial charge is 0.0766 e. The summed E-state index contributed by atoms with van der Waals surface area (Å²) in [5.74, 6) is 6.19. The highest BCUT2D eigenvalue weighted by Gasteiger charge is 2.20. The van der Waals surface area contributed by atoms with Gasteiger partial charge in [0.05, 0.1) is 15.9 Å². The van der Waals surface area contributed by atoms with Crippen LogP contribution in [0.1, 0.15) is 38.6 Å². The number of nitrogens with two attached hydrogens (primary N) is 1. The van der Waals surface area contributed by atoms with Crippen molar-refractivity contribution in [3.8, 4) is 0 Å². The molecule has 1 aromatic heterocycles. The van der Waals surface area contributed by atoms with Crippen LogP contribution in [0.4, 0.5) is 0 Å². The Kier molecular flexibility index (Phi) is 5.62. The molecule has 0 aromatic carbocycles. The third-order valence-corrected chi connectivity index (χ3v) is 4.38. The number of nitrogens with zero attached hydrogens (tertiary/aromatic N) is 2. The Balaban J connectivity index is 2.89. The Hall–Kier alpha value is -0.390. The van der Waals surface area contributed by atoms with Gasteiger partial charge < -0.3 is 0 Å². The first-order valence-electron chi connectivity index (χ1n) is 6.21. The molecule has 0 spiro atoms. The van der Waals surface area contributed by atoms with Crippen LogP contribution in [0, 0.1) is 5.92 Å². The summed E-state index contributed by atoms with van der Waals surface area (Å²) in [4.78, 5) is 0. The van der Waals surface area contributed by atoms with Gasteiger partial charge in [-0.05, 0) is 28.3 Å². The molecule has 2 unspecified atom stereocenters. The second-order valence-corrected chi connectivity index (χ2v) is 5.34. The van der Waals surface area contributed by atoms with Crippen LogP contribution in [0.5, 0.6) is 0 Å². The number of halogens is 1. The maximum atomic E-state index is 5.64. The summed E-state index contributed by atoms with van der Waals surface area (Å²) in [5.41, 5.74) is 5.25. The largest absolute Gasteiger partial charge is 0.271 e. The molecule has 4 nitrogen and oxygen atoms in total. The number of aromatic nitrogens is 2. The van der Waals surface area contributed by atoms with E-state index in [0.29, 0.717) is 5.92 Å². The van der Waals surface area contributed by atoms with Crippen molar-refractivity contribution in [2.45, 2.75) is 46.1 Å². The van der Waals surface area contributed by atoms with Gasteiger partial charge in [-0.25, -0.2) is 0 Å². The molecule has 0 amide bonds. The van der Waals surface area contributed by atoms with Gasteiger partial charge in [-0.1, -0.05) is 27.2 Å². The van der Waals surface area contributed by atoms with Crippen LogP contribution in [0.25, 0.3) is 0 Å². The molecule has 17 heavy (non-hydrogen) atoms. The summed E-state index contributed by atoms with van der Waals surface area (Å²) in [5, 5.41) is 4.50. The van der Waals surface area contributed by atoms with E-state index in [4.69, 9.17) is 5.84 Å². The fraction of sp³-hybridized carbons (Fsp3) is 0.750. The number of hydrogen-bond donors (Lipinski definition) is 2. The lowest BCUT2D eigenvalue weighted by Gasteiger charge is -2.22. The van der Waals surface area contributed by atoms with Gasteiger partial charge in [0.1, 0.15) is 0 Å². The molecule has 1 heterocycles. The minimum absolute atomic E-state index is 0.288. The summed E-state index contributed by atoms with van der Waals surface area (Å²) >= 11 is 3.64. The highest BCUT2D eigenvalue weighted by Crippen LogP contribution is 2.24. The highest BCUT2D eigenvalue weighted by atomic mass is 79.9. The second-order valence-electron chi connectivity index (χ2n) is 4.55. The molecule has 0 aliphatic rings. The van der Waals surface area contributed by atoms with Crippen molar-refractivity contribution in [3.05, 3.63) is 15.9 Å². The van der Waals surface area contributed by atoms with Gasteiger partial charge in [0, 0.05) is 19.5 Å². The molecule has 0 fully saturated rings. The number of nitrogens with one attached hydrogen (secondary N) is 1. The molecule has 0 saturated carbocycles. The molecule has 2 atom stereocenters. The summed E-state index contributed by atoms with van der Waals surface area (Å²) in [7, 11) is 1.99. The molecule has 0 bridgehead atoms. The highest BCUT2D eigenvalue weighted by molar-refractivity contribution is 9.10. The Morgan fingerprint density at radius 2 is 2.12 bits per heavy atom. The van der Waals surface area contributed by atoms with Gasteiger partial charge >= 0.3 is 0 Å². The summed E-state index contributed by atoms with van der Waals surface area (Å²) in [6.07, 6.45) is 2.96. The number of rotatable bonds is 6. The molecule has 0 aliphatic carbocycles. The lowest BCUT2D eigenvalue weighted by molar-refractivity contribution is 0.363. The second kappa shape index (κ2) is 6.52. The average Bonchev–Trinajstić information content (AvgIpc) is 2.61. The van der Waals surface area contributed by atoms with Gasteiger partial charge in [-0.2, -0.15) is 5.10 Å². The van der Waals surface area contributed by atoms with Gasteiger partial charge in [0.2, 0.25) is 0 Å². The zero-order valence-electron chi connectivity index (χ0n) is 11.1. The van der Waals surface area contributed by atoms with E-state index in [1.165, 1.54) is 5.69 Å². The first-order valence-corrected chi connectivity index (χ1v) is 7.00. The van der Waals surface area contributed by atoms with Crippen molar-refractivity contribution >= 4 is 15.9 Å².